The lowest BCUT2D eigenvalue weighted by atomic mass is 9.95. The van der Waals surface area contributed by atoms with Gasteiger partial charge in [-0.25, -0.2) is 4.79 Å². The molecule has 104 valence electrons. The van der Waals surface area contributed by atoms with Crippen molar-refractivity contribution in [3.05, 3.63) is 48.2 Å². The molecule has 19 heavy (non-hydrogen) atoms. The molecule has 0 N–H and O–H groups in total. The number of ether oxygens (including phenoxy) is 1. The SMILES string of the molecule is C=C(CC(CC)CCCC)OC(=O)c1ccccc1. The van der Waals surface area contributed by atoms with Gasteiger partial charge in [-0.15, -0.1) is 0 Å². The molecule has 1 atom stereocenters. The van der Waals surface area contributed by atoms with E-state index in [1.807, 2.05) is 18.2 Å². The maximum atomic E-state index is 11.9. The molecule has 2 nitrogen and oxygen atoms in total. The molecule has 0 bridgehead atoms. The molecule has 1 aromatic carbocycles. The van der Waals surface area contributed by atoms with Gasteiger partial charge in [0.15, 0.2) is 0 Å². The van der Waals surface area contributed by atoms with Crippen molar-refractivity contribution in [2.24, 2.45) is 5.92 Å². The van der Waals surface area contributed by atoms with Crippen LogP contribution in [0.25, 0.3) is 0 Å². The Bertz CT molecular complexity index is 395. The van der Waals surface area contributed by atoms with Gasteiger partial charge >= 0.3 is 5.97 Å². The highest BCUT2D eigenvalue weighted by Gasteiger charge is 2.12. The fraction of sp³-hybridized carbons (Fsp3) is 0.471. The van der Waals surface area contributed by atoms with Crippen LogP contribution in [0.5, 0.6) is 0 Å². The quantitative estimate of drug-likeness (QED) is 0.487. The maximum Gasteiger partial charge on any atom is 0.343 e. The summed E-state index contributed by atoms with van der Waals surface area (Å²) in [6.07, 6.45) is 5.47. The Morgan fingerprint density at radius 1 is 1.26 bits per heavy atom. The number of allylic oxidation sites excluding steroid dienone is 1. The molecule has 0 saturated heterocycles. The van der Waals surface area contributed by atoms with Crippen LogP contribution in [0.1, 0.15) is 56.3 Å². The van der Waals surface area contributed by atoms with E-state index in [9.17, 15) is 4.79 Å². The highest BCUT2D eigenvalue weighted by molar-refractivity contribution is 5.89. The summed E-state index contributed by atoms with van der Waals surface area (Å²) in [6, 6.07) is 9.04. The number of hydrogen-bond acceptors (Lipinski definition) is 2. The molecule has 2 heteroatoms. The Kier molecular flexibility index (Phi) is 6.94. The molecule has 1 unspecified atom stereocenters. The smallest absolute Gasteiger partial charge is 0.343 e. The van der Waals surface area contributed by atoms with Gasteiger partial charge in [0, 0.05) is 6.42 Å². The van der Waals surface area contributed by atoms with E-state index >= 15 is 0 Å². The van der Waals surface area contributed by atoms with E-state index in [-0.39, 0.29) is 5.97 Å². The average molecular weight is 260 g/mol. The first-order chi connectivity index (χ1) is 9.17. The summed E-state index contributed by atoms with van der Waals surface area (Å²) in [7, 11) is 0. The van der Waals surface area contributed by atoms with Gasteiger partial charge < -0.3 is 4.74 Å². The van der Waals surface area contributed by atoms with E-state index in [0.29, 0.717) is 17.2 Å². The van der Waals surface area contributed by atoms with Gasteiger partial charge in [0.2, 0.25) is 0 Å². The Labute approximate surface area is 116 Å². The maximum absolute atomic E-state index is 11.9. The number of benzene rings is 1. The predicted molar refractivity (Wildman–Crippen MR) is 78.9 cm³/mol. The zero-order valence-electron chi connectivity index (χ0n) is 12.0. The lowest BCUT2D eigenvalue weighted by Gasteiger charge is -2.15. The van der Waals surface area contributed by atoms with Crippen molar-refractivity contribution in [2.45, 2.75) is 46.0 Å². The molecule has 0 aromatic heterocycles. The predicted octanol–water partition coefficient (Wildman–Crippen LogP) is 4.96. The molecule has 0 aliphatic carbocycles. The first kappa shape index (κ1) is 15.5. The lowest BCUT2D eigenvalue weighted by Crippen LogP contribution is -2.08. The van der Waals surface area contributed by atoms with Crippen LogP contribution in [0.15, 0.2) is 42.7 Å². The van der Waals surface area contributed by atoms with Crippen LogP contribution in [-0.2, 0) is 4.74 Å². The molecule has 0 heterocycles. The number of carbonyl (C=O) groups excluding carboxylic acids is 1. The van der Waals surface area contributed by atoms with E-state index in [0.717, 1.165) is 12.8 Å². The van der Waals surface area contributed by atoms with Crippen LogP contribution in [-0.4, -0.2) is 5.97 Å². The summed E-state index contributed by atoms with van der Waals surface area (Å²) in [5, 5.41) is 0. The monoisotopic (exact) mass is 260 g/mol. The summed E-state index contributed by atoms with van der Waals surface area (Å²) in [4.78, 5) is 11.9. The van der Waals surface area contributed by atoms with Gasteiger partial charge in [-0.2, -0.15) is 0 Å². The molecule has 0 amide bonds. The first-order valence-electron chi connectivity index (χ1n) is 7.12. The minimum atomic E-state index is -0.309. The highest BCUT2D eigenvalue weighted by atomic mass is 16.5. The molecule has 1 rings (SSSR count). The van der Waals surface area contributed by atoms with E-state index in [1.165, 1.54) is 19.3 Å². The minimum absolute atomic E-state index is 0.309. The average Bonchev–Trinajstić information content (AvgIpc) is 2.44. The van der Waals surface area contributed by atoms with Crippen LogP contribution in [0.3, 0.4) is 0 Å². The Morgan fingerprint density at radius 3 is 2.53 bits per heavy atom. The Balaban J connectivity index is 2.44. The van der Waals surface area contributed by atoms with Gasteiger partial charge in [-0.3, -0.25) is 0 Å². The molecule has 1 aromatic rings. The van der Waals surface area contributed by atoms with Crippen LogP contribution in [0.2, 0.25) is 0 Å². The van der Waals surface area contributed by atoms with Crippen LogP contribution < -0.4 is 0 Å². The lowest BCUT2D eigenvalue weighted by molar-refractivity contribution is 0.0606. The molecule has 0 fully saturated rings. The van der Waals surface area contributed by atoms with Crippen molar-refractivity contribution >= 4 is 5.97 Å². The molecular weight excluding hydrogens is 236 g/mol. The summed E-state index contributed by atoms with van der Waals surface area (Å²) >= 11 is 0. The second kappa shape index (κ2) is 8.52. The number of carbonyl (C=O) groups is 1. The Morgan fingerprint density at radius 2 is 1.95 bits per heavy atom. The summed E-state index contributed by atoms with van der Waals surface area (Å²) < 4.78 is 5.32. The fourth-order valence-corrected chi connectivity index (χ4v) is 2.07. The van der Waals surface area contributed by atoms with Crippen LogP contribution in [0.4, 0.5) is 0 Å². The van der Waals surface area contributed by atoms with Gasteiger partial charge in [-0.1, -0.05) is 64.3 Å². The normalized spacial score (nSPS) is 11.9. The second-order valence-electron chi connectivity index (χ2n) is 4.91. The number of hydrogen-bond donors (Lipinski definition) is 0. The van der Waals surface area contributed by atoms with E-state index in [1.54, 1.807) is 12.1 Å². The van der Waals surface area contributed by atoms with E-state index < -0.39 is 0 Å². The topological polar surface area (TPSA) is 26.3 Å². The van der Waals surface area contributed by atoms with Crippen molar-refractivity contribution in [1.82, 2.24) is 0 Å². The van der Waals surface area contributed by atoms with Crippen molar-refractivity contribution < 1.29 is 9.53 Å². The van der Waals surface area contributed by atoms with Gasteiger partial charge in [0.25, 0.3) is 0 Å². The van der Waals surface area contributed by atoms with Crippen LogP contribution >= 0.6 is 0 Å². The fourth-order valence-electron chi connectivity index (χ4n) is 2.07. The molecular formula is C17H24O2. The molecule has 0 spiro atoms. The van der Waals surface area contributed by atoms with Gasteiger partial charge in [0.1, 0.15) is 5.76 Å². The van der Waals surface area contributed by atoms with Crippen molar-refractivity contribution in [3.8, 4) is 0 Å². The van der Waals surface area contributed by atoms with E-state index in [2.05, 4.69) is 20.4 Å². The van der Waals surface area contributed by atoms with Gasteiger partial charge in [-0.05, 0) is 18.1 Å². The van der Waals surface area contributed by atoms with Crippen molar-refractivity contribution in [2.75, 3.05) is 0 Å². The highest BCUT2D eigenvalue weighted by Crippen LogP contribution is 2.21. The zero-order chi connectivity index (χ0) is 14.1. The molecule has 0 saturated carbocycles. The molecule has 0 aliphatic rings. The summed E-state index contributed by atoms with van der Waals surface area (Å²) in [6.45, 7) is 8.24. The standard InChI is InChI=1S/C17H24O2/c1-4-6-10-15(5-2)13-14(3)19-17(18)16-11-8-7-9-12-16/h7-9,11-12,15H,3-6,10,13H2,1-2H3. The van der Waals surface area contributed by atoms with Crippen molar-refractivity contribution in [1.29, 1.82) is 0 Å². The second-order valence-corrected chi connectivity index (χ2v) is 4.91. The summed E-state index contributed by atoms with van der Waals surface area (Å²) in [5.74, 6) is 0.837. The van der Waals surface area contributed by atoms with Crippen LogP contribution in [0, 0.1) is 5.92 Å². The third-order valence-electron chi connectivity index (χ3n) is 3.31. The summed E-state index contributed by atoms with van der Waals surface area (Å²) in [5.41, 5.74) is 0.574. The number of esters is 1. The van der Waals surface area contributed by atoms with Crippen molar-refractivity contribution in [3.63, 3.8) is 0 Å². The number of rotatable bonds is 8. The third-order valence-corrected chi connectivity index (χ3v) is 3.31. The minimum Gasteiger partial charge on any atom is -0.428 e. The molecule has 0 radical (unpaired) electrons. The van der Waals surface area contributed by atoms with Gasteiger partial charge in [0.05, 0.1) is 5.56 Å². The number of unbranched alkanes of at least 4 members (excludes halogenated alkanes) is 1. The first-order valence-corrected chi connectivity index (χ1v) is 7.12. The van der Waals surface area contributed by atoms with E-state index in [4.69, 9.17) is 4.74 Å². The Hall–Kier alpha value is -1.57. The third kappa shape index (κ3) is 5.73. The zero-order valence-corrected chi connectivity index (χ0v) is 12.0. The largest absolute Gasteiger partial charge is 0.428 e. The molecule has 0 aliphatic heterocycles.